The second-order valence-electron chi connectivity index (χ2n) is 12.8. The SMILES string of the molecule is c1cc(-c2nc(-c3ccc(-c4cccc5ccccc45)cc3)nc(-c3cccc4c3sc3ccccc34)n2)cc(-c2cccc3ccccc23)c1. The maximum absolute atomic E-state index is 5.20. The Morgan fingerprint density at radius 2 is 0.804 bits per heavy atom. The molecule has 10 aromatic rings. The Bertz CT molecular complexity index is 2910. The maximum Gasteiger partial charge on any atom is 0.165 e. The quantitative estimate of drug-likeness (QED) is 0.183. The molecular formula is C47H29N3S. The monoisotopic (exact) mass is 667 g/mol. The van der Waals surface area contributed by atoms with E-state index >= 15 is 0 Å². The van der Waals surface area contributed by atoms with Crippen molar-refractivity contribution < 1.29 is 0 Å². The molecule has 0 spiro atoms. The van der Waals surface area contributed by atoms with Crippen LogP contribution in [0.2, 0.25) is 0 Å². The zero-order chi connectivity index (χ0) is 33.7. The van der Waals surface area contributed by atoms with E-state index in [1.165, 1.54) is 52.8 Å². The van der Waals surface area contributed by atoms with E-state index in [0.717, 1.165) is 27.8 Å². The van der Waals surface area contributed by atoms with Crippen molar-refractivity contribution in [3.05, 3.63) is 176 Å². The van der Waals surface area contributed by atoms with Gasteiger partial charge in [-0.2, -0.15) is 0 Å². The molecule has 0 aliphatic heterocycles. The molecule has 0 amide bonds. The summed E-state index contributed by atoms with van der Waals surface area (Å²) in [6, 6.07) is 62.2. The van der Waals surface area contributed by atoms with E-state index in [-0.39, 0.29) is 0 Å². The molecule has 10 rings (SSSR count). The van der Waals surface area contributed by atoms with Gasteiger partial charge in [0, 0.05) is 36.9 Å². The average Bonchev–Trinajstić information content (AvgIpc) is 3.59. The van der Waals surface area contributed by atoms with Crippen molar-refractivity contribution in [3.63, 3.8) is 0 Å². The lowest BCUT2D eigenvalue weighted by molar-refractivity contribution is 1.08. The zero-order valence-electron chi connectivity index (χ0n) is 27.5. The van der Waals surface area contributed by atoms with Crippen LogP contribution in [0, 0.1) is 0 Å². The van der Waals surface area contributed by atoms with Gasteiger partial charge in [0.2, 0.25) is 0 Å². The molecule has 0 aliphatic rings. The molecule has 8 aromatic carbocycles. The lowest BCUT2D eigenvalue weighted by atomic mass is 9.97. The zero-order valence-corrected chi connectivity index (χ0v) is 28.3. The summed E-state index contributed by atoms with van der Waals surface area (Å²) in [7, 11) is 0. The maximum atomic E-state index is 5.20. The van der Waals surface area contributed by atoms with Crippen molar-refractivity contribution >= 4 is 53.1 Å². The molecule has 0 aliphatic carbocycles. The summed E-state index contributed by atoms with van der Waals surface area (Å²) < 4.78 is 2.43. The van der Waals surface area contributed by atoms with Gasteiger partial charge in [-0.15, -0.1) is 11.3 Å². The molecule has 2 heterocycles. The minimum atomic E-state index is 0.646. The molecule has 0 saturated carbocycles. The highest BCUT2D eigenvalue weighted by atomic mass is 32.1. The van der Waals surface area contributed by atoms with Gasteiger partial charge in [-0.3, -0.25) is 0 Å². The molecule has 0 saturated heterocycles. The van der Waals surface area contributed by atoms with Gasteiger partial charge >= 0.3 is 0 Å². The van der Waals surface area contributed by atoms with Gasteiger partial charge in [0.15, 0.2) is 17.5 Å². The predicted molar refractivity (Wildman–Crippen MR) is 215 cm³/mol. The summed E-state index contributed by atoms with van der Waals surface area (Å²) >= 11 is 1.79. The minimum Gasteiger partial charge on any atom is -0.208 e. The Morgan fingerprint density at radius 3 is 1.55 bits per heavy atom. The first-order valence-corrected chi connectivity index (χ1v) is 17.9. The second-order valence-corrected chi connectivity index (χ2v) is 13.9. The standard InChI is InChI=1S/C47H29N3S/c1-3-17-36-30(11-1)13-8-20-38(36)32-25-27-33(28-26-32)45-48-46(35-16-7-15-34(29-35)39-21-9-14-31-12-2-4-18-37(31)39)50-47(49-45)42-23-10-22-41-40-19-5-6-24-43(40)51-44(41)42/h1-29H. The van der Waals surface area contributed by atoms with Crippen molar-refractivity contribution in [2.45, 2.75) is 0 Å². The van der Waals surface area contributed by atoms with Crippen molar-refractivity contribution in [3.8, 4) is 56.4 Å². The average molecular weight is 668 g/mol. The first kappa shape index (κ1) is 29.4. The molecule has 51 heavy (non-hydrogen) atoms. The Balaban J connectivity index is 1.14. The van der Waals surface area contributed by atoms with E-state index in [4.69, 9.17) is 15.0 Å². The molecule has 3 nitrogen and oxygen atoms in total. The van der Waals surface area contributed by atoms with E-state index in [9.17, 15) is 0 Å². The third-order valence-corrected chi connectivity index (χ3v) is 11.0. The van der Waals surface area contributed by atoms with Crippen molar-refractivity contribution in [2.24, 2.45) is 0 Å². The summed E-state index contributed by atoms with van der Waals surface area (Å²) in [4.78, 5) is 15.5. The van der Waals surface area contributed by atoms with Gasteiger partial charge in [-0.05, 0) is 62.0 Å². The molecule has 238 valence electrons. The molecule has 0 N–H and O–H groups in total. The van der Waals surface area contributed by atoms with Crippen LogP contribution in [0.25, 0.3) is 98.1 Å². The Kier molecular flexibility index (Phi) is 7.00. The lowest BCUT2D eigenvalue weighted by Gasteiger charge is -2.12. The number of rotatable bonds is 5. The molecule has 0 radical (unpaired) electrons. The van der Waals surface area contributed by atoms with Crippen LogP contribution in [-0.4, -0.2) is 15.0 Å². The van der Waals surface area contributed by atoms with E-state index < -0.39 is 0 Å². The molecule has 0 atom stereocenters. The van der Waals surface area contributed by atoms with Crippen LogP contribution in [0.1, 0.15) is 0 Å². The first-order chi connectivity index (χ1) is 25.3. The fraction of sp³-hybridized carbons (Fsp3) is 0. The topological polar surface area (TPSA) is 38.7 Å². The predicted octanol–water partition coefficient (Wildman–Crippen LogP) is 12.9. The van der Waals surface area contributed by atoms with Gasteiger partial charge in [0.25, 0.3) is 0 Å². The van der Waals surface area contributed by atoms with Crippen molar-refractivity contribution in [1.82, 2.24) is 15.0 Å². The minimum absolute atomic E-state index is 0.646. The lowest BCUT2D eigenvalue weighted by Crippen LogP contribution is -2.00. The molecule has 0 fully saturated rings. The summed E-state index contributed by atoms with van der Waals surface area (Å²) in [5.74, 6) is 1.96. The van der Waals surface area contributed by atoms with Crippen LogP contribution in [0.15, 0.2) is 176 Å². The highest BCUT2D eigenvalue weighted by molar-refractivity contribution is 7.26. The van der Waals surface area contributed by atoms with E-state index in [1.807, 2.05) is 0 Å². The number of benzene rings is 8. The Morgan fingerprint density at radius 1 is 0.314 bits per heavy atom. The molecule has 2 aromatic heterocycles. The highest BCUT2D eigenvalue weighted by Gasteiger charge is 2.17. The third-order valence-electron chi connectivity index (χ3n) is 9.75. The third kappa shape index (κ3) is 5.16. The van der Waals surface area contributed by atoms with E-state index in [1.54, 1.807) is 11.3 Å². The van der Waals surface area contributed by atoms with E-state index in [0.29, 0.717) is 17.5 Å². The summed E-state index contributed by atoms with van der Waals surface area (Å²) in [6.45, 7) is 0. The number of hydrogen-bond donors (Lipinski definition) is 0. The number of thiophene rings is 1. The summed E-state index contributed by atoms with van der Waals surface area (Å²) in [5.41, 5.74) is 7.57. The van der Waals surface area contributed by atoms with Crippen LogP contribution in [-0.2, 0) is 0 Å². The fourth-order valence-electron chi connectivity index (χ4n) is 7.26. The van der Waals surface area contributed by atoms with Crippen molar-refractivity contribution in [2.75, 3.05) is 0 Å². The second kappa shape index (κ2) is 12.1. The van der Waals surface area contributed by atoms with Crippen molar-refractivity contribution in [1.29, 1.82) is 0 Å². The van der Waals surface area contributed by atoms with E-state index in [2.05, 4.69) is 176 Å². The van der Waals surface area contributed by atoms with Gasteiger partial charge in [-0.1, -0.05) is 158 Å². The summed E-state index contributed by atoms with van der Waals surface area (Å²) in [6.07, 6.45) is 0. The largest absolute Gasteiger partial charge is 0.208 e. The molecule has 0 bridgehead atoms. The molecule has 0 unspecified atom stereocenters. The van der Waals surface area contributed by atoms with Gasteiger partial charge in [-0.25, -0.2) is 15.0 Å². The number of hydrogen-bond acceptors (Lipinski definition) is 4. The Labute approximate surface area is 299 Å². The molecule has 4 heteroatoms. The van der Waals surface area contributed by atoms with Crippen LogP contribution in [0.3, 0.4) is 0 Å². The number of nitrogens with zero attached hydrogens (tertiary/aromatic N) is 3. The van der Waals surface area contributed by atoms with Crippen LogP contribution < -0.4 is 0 Å². The normalized spacial score (nSPS) is 11.5. The highest BCUT2D eigenvalue weighted by Crippen LogP contribution is 2.40. The fourth-order valence-corrected chi connectivity index (χ4v) is 8.47. The smallest absolute Gasteiger partial charge is 0.165 e. The summed E-state index contributed by atoms with van der Waals surface area (Å²) in [5, 5.41) is 7.37. The number of fused-ring (bicyclic) bond motifs is 5. The molecular weight excluding hydrogens is 639 g/mol. The van der Waals surface area contributed by atoms with Gasteiger partial charge in [0.1, 0.15) is 0 Å². The number of aromatic nitrogens is 3. The van der Waals surface area contributed by atoms with Crippen LogP contribution in [0.5, 0.6) is 0 Å². The van der Waals surface area contributed by atoms with Crippen LogP contribution >= 0.6 is 11.3 Å². The van der Waals surface area contributed by atoms with Gasteiger partial charge in [0.05, 0.1) is 0 Å². The van der Waals surface area contributed by atoms with Crippen LogP contribution in [0.4, 0.5) is 0 Å². The first-order valence-electron chi connectivity index (χ1n) is 17.1. The Hall–Kier alpha value is -6.49. The van der Waals surface area contributed by atoms with Gasteiger partial charge < -0.3 is 0 Å².